The van der Waals surface area contributed by atoms with Crippen LogP contribution in [0.2, 0.25) is 0 Å². The maximum atomic E-state index is 10.2. The van der Waals surface area contributed by atoms with E-state index in [0.717, 1.165) is 12.1 Å². The van der Waals surface area contributed by atoms with Crippen molar-refractivity contribution < 1.29 is 5.11 Å². The summed E-state index contributed by atoms with van der Waals surface area (Å²) in [6.45, 7) is 8.36. The lowest BCUT2D eigenvalue weighted by Crippen LogP contribution is -2.40. The zero-order valence-corrected chi connectivity index (χ0v) is 13.2. The monoisotopic (exact) mass is 275 g/mol. The second kappa shape index (κ2) is 6.73. The van der Waals surface area contributed by atoms with Crippen molar-refractivity contribution in [2.24, 2.45) is 5.41 Å². The molecular formula is C18H29NO. The molecule has 0 aromatic heterocycles. The lowest BCUT2D eigenvalue weighted by Gasteiger charge is -2.41. The molecule has 2 heteroatoms. The fourth-order valence-corrected chi connectivity index (χ4v) is 3.03. The second-order valence-electron chi connectivity index (χ2n) is 6.68. The summed E-state index contributed by atoms with van der Waals surface area (Å²) in [4.78, 5) is 0. The summed E-state index contributed by atoms with van der Waals surface area (Å²) in [6, 6.07) is 8.37. The number of hydrogen-bond acceptors (Lipinski definition) is 2. The van der Waals surface area contributed by atoms with Crippen LogP contribution in [0.25, 0.3) is 0 Å². The smallest absolute Gasteiger partial charge is 0.0914 e. The summed E-state index contributed by atoms with van der Waals surface area (Å²) in [6.07, 6.45) is 4.91. The van der Waals surface area contributed by atoms with Gasteiger partial charge < -0.3 is 10.4 Å². The molecular weight excluding hydrogens is 246 g/mol. The van der Waals surface area contributed by atoms with Crippen LogP contribution >= 0.6 is 0 Å². The maximum Gasteiger partial charge on any atom is 0.0914 e. The molecule has 2 rings (SSSR count). The molecule has 1 atom stereocenters. The van der Waals surface area contributed by atoms with Gasteiger partial charge in [-0.1, -0.05) is 51.5 Å². The summed E-state index contributed by atoms with van der Waals surface area (Å²) < 4.78 is 0. The zero-order chi connectivity index (χ0) is 14.6. The predicted molar refractivity (Wildman–Crippen MR) is 84.9 cm³/mol. The Morgan fingerprint density at radius 1 is 1.15 bits per heavy atom. The third-order valence-corrected chi connectivity index (χ3v) is 4.99. The Kier molecular flexibility index (Phi) is 5.22. The van der Waals surface area contributed by atoms with Crippen LogP contribution in [-0.2, 0) is 0 Å². The first-order chi connectivity index (χ1) is 9.56. The Hall–Kier alpha value is -0.860. The van der Waals surface area contributed by atoms with Crippen LogP contribution in [0.15, 0.2) is 24.3 Å². The van der Waals surface area contributed by atoms with Crippen LogP contribution in [0.3, 0.4) is 0 Å². The lowest BCUT2D eigenvalue weighted by molar-refractivity contribution is 0.110. The number of hydrogen-bond donors (Lipinski definition) is 2. The van der Waals surface area contributed by atoms with Gasteiger partial charge in [0.15, 0.2) is 0 Å². The molecule has 2 N–H and O–H groups in total. The van der Waals surface area contributed by atoms with Gasteiger partial charge in [-0.25, -0.2) is 0 Å². The Morgan fingerprint density at radius 2 is 1.75 bits per heavy atom. The first-order valence-corrected chi connectivity index (χ1v) is 8.05. The topological polar surface area (TPSA) is 32.3 Å². The van der Waals surface area contributed by atoms with E-state index in [4.69, 9.17) is 0 Å². The van der Waals surface area contributed by atoms with E-state index in [9.17, 15) is 5.11 Å². The normalized spacial score (nSPS) is 18.9. The Balaban J connectivity index is 1.80. The third kappa shape index (κ3) is 3.62. The predicted octanol–water partition coefficient (Wildman–Crippen LogP) is 4.01. The van der Waals surface area contributed by atoms with Gasteiger partial charge in [-0.15, -0.1) is 0 Å². The van der Waals surface area contributed by atoms with Crippen molar-refractivity contribution in [1.82, 2.24) is 5.32 Å². The largest absolute Gasteiger partial charge is 0.387 e. The van der Waals surface area contributed by atoms with Gasteiger partial charge in [0.2, 0.25) is 0 Å². The van der Waals surface area contributed by atoms with Crippen molar-refractivity contribution in [3.63, 3.8) is 0 Å². The van der Waals surface area contributed by atoms with Gasteiger partial charge in [-0.05, 0) is 41.7 Å². The van der Waals surface area contributed by atoms with E-state index >= 15 is 0 Å². The summed E-state index contributed by atoms with van der Waals surface area (Å²) in [5, 5.41) is 13.7. The molecule has 0 heterocycles. The molecule has 1 aliphatic rings. The van der Waals surface area contributed by atoms with E-state index in [1.807, 2.05) is 0 Å². The average molecular weight is 275 g/mol. The quantitative estimate of drug-likeness (QED) is 0.788. The Morgan fingerprint density at radius 3 is 2.20 bits per heavy atom. The molecule has 0 radical (unpaired) electrons. The van der Waals surface area contributed by atoms with Crippen molar-refractivity contribution in [1.29, 1.82) is 0 Å². The molecule has 1 saturated carbocycles. The first kappa shape index (κ1) is 15.5. The molecule has 1 aliphatic carbocycles. The van der Waals surface area contributed by atoms with Crippen LogP contribution in [0, 0.1) is 5.41 Å². The van der Waals surface area contributed by atoms with Gasteiger partial charge >= 0.3 is 0 Å². The van der Waals surface area contributed by atoms with E-state index in [1.165, 1.54) is 31.2 Å². The SMILES string of the molecule is CCC1(CNCC(O)c2ccc(C(C)C)cc2)CCC1. The van der Waals surface area contributed by atoms with Crippen molar-refractivity contribution in [2.75, 3.05) is 13.1 Å². The van der Waals surface area contributed by atoms with Gasteiger partial charge in [0.1, 0.15) is 0 Å². The van der Waals surface area contributed by atoms with Gasteiger partial charge in [0.05, 0.1) is 6.10 Å². The van der Waals surface area contributed by atoms with E-state index in [-0.39, 0.29) is 0 Å². The van der Waals surface area contributed by atoms with Crippen LogP contribution in [-0.4, -0.2) is 18.2 Å². The van der Waals surface area contributed by atoms with E-state index in [1.54, 1.807) is 0 Å². The number of nitrogens with one attached hydrogen (secondary N) is 1. The number of aliphatic hydroxyl groups is 1. The summed E-state index contributed by atoms with van der Waals surface area (Å²) >= 11 is 0. The van der Waals surface area contributed by atoms with Gasteiger partial charge in [-0.2, -0.15) is 0 Å². The molecule has 0 spiro atoms. The Bertz CT molecular complexity index is 400. The highest BCUT2D eigenvalue weighted by molar-refractivity contribution is 5.26. The van der Waals surface area contributed by atoms with Crippen molar-refractivity contribution in [3.05, 3.63) is 35.4 Å². The van der Waals surface area contributed by atoms with E-state index < -0.39 is 6.10 Å². The summed E-state index contributed by atoms with van der Waals surface area (Å²) in [5.74, 6) is 0.544. The van der Waals surface area contributed by atoms with Crippen molar-refractivity contribution in [2.45, 2.75) is 58.5 Å². The van der Waals surface area contributed by atoms with Crippen LogP contribution in [0.4, 0.5) is 0 Å². The van der Waals surface area contributed by atoms with Crippen LogP contribution in [0.5, 0.6) is 0 Å². The second-order valence-corrected chi connectivity index (χ2v) is 6.68. The third-order valence-electron chi connectivity index (χ3n) is 4.99. The minimum Gasteiger partial charge on any atom is -0.387 e. The van der Waals surface area contributed by atoms with Crippen LogP contribution < -0.4 is 5.32 Å². The number of rotatable bonds is 7. The molecule has 1 unspecified atom stereocenters. The average Bonchev–Trinajstić information content (AvgIpc) is 2.41. The fraction of sp³-hybridized carbons (Fsp3) is 0.667. The van der Waals surface area contributed by atoms with E-state index in [0.29, 0.717) is 17.9 Å². The van der Waals surface area contributed by atoms with Gasteiger partial charge in [0.25, 0.3) is 0 Å². The highest BCUT2D eigenvalue weighted by atomic mass is 16.3. The molecule has 112 valence electrons. The minimum absolute atomic E-state index is 0.398. The van der Waals surface area contributed by atoms with E-state index in [2.05, 4.69) is 50.4 Å². The van der Waals surface area contributed by atoms with Gasteiger partial charge in [0, 0.05) is 13.1 Å². The van der Waals surface area contributed by atoms with Crippen molar-refractivity contribution >= 4 is 0 Å². The molecule has 1 aromatic carbocycles. The molecule has 0 amide bonds. The molecule has 0 aliphatic heterocycles. The summed E-state index contributed by atoms with van der Waals surface area (Å²) in [5.41, 5.74) is 2.86. The molecule has 0 bridgehead atoms. The minimum atomic E-state index is -0.398. The zero-order valence-electron chi connectivity index (χ0n) is 13.2. The highest BCUT2D eigenvalue weighted by Crippen LogP contribution is 2.43. The number of aliphatic hydroxyl groups excluding tert-OH is 1. The van der Waals surface area contributed by atoms with Gasteiger partial charge in [-0.3, -0.25) is 0 Å². The molecule has 2 nitrogen and oxygen atoms in total. The molecule has 1 fully saturated rings. The molecule has 0 saturated heterocycles. The highest BCUT2D eigenvalue weighted by Gasteiger charge is 2.34. The Labute approximate surface area is 123 Å². The number of benzene rings is 1. The summed E-state index contributed by atoms with van der Waals surface area (Å²) in [7, 11) is 0. The van der Waals surface area contributed by atoms with Crippen molar-refractivity contribution in [3.8, 4) is 0 Å². The maximum absolute atomic E-state index is 10.2. The fourth-order valence-electron chi connectivity index (χ4n) is 3.03. The van der Waals surface area contributed by atoms with Crippen LogP contribution in [0.1, 0.15) is 69.6 Å². The lowest BCUT2D eigenvalue weighted by atomic mass is 9.67. The first-order valence-electron chi connectivity index (χ1n) is 8.05. The standard InChI is InChI=1S/C18H29NO/c1-4-18(10-5-11-18)13-19-12-17(20)16-8-6-15(7-9-16)14(2)3/h6-9,14,17,19-20H,4-5,10-13H2,1-3H3. The molecule has 1 aromatic rings. The molecule has 20 heavy (non-hydrogen) atoms.